The van der Waals surface area contributed by atoms with E-state index in [1.54, 1.807) is 13.1 Å². The lowest BCUT2D eigenvalue weighted by Gasteiger charge is -2.05. The van der Waals surface area contributed by atoms with Crippen LogP contribution in [0.25, 0.3) is 0 Å². The summed E-state index contributed by atoms with van der Waals surface area (Å²) in [6.45, 7) is 0. The number of aryl methyl sites for hydroxylation is 1. The van der Waals surface area contributed by atoms with E-state index >= 15 is 0 Å². The van der Waals surface area contributed by atoms with Crippen molar-refractivity contribution in [2.45, 2.75) is 4.21 Å². The Balaban J connectivity index is 2.35. The molecule has 0 fully saturated rings. The van der Waals surface area contributed by atoms with E-state index in [1.165, 1.54) is 16.9 Å². The third kappa shape index (κ3) is 2.65. The van der Waals surface area contributed by atoms with Crippen LogP contribution < -0.4 is 4.72 Å². The zero-order valence-corrected chi connectivity index (χ0v) is 12.5. The SMILES string of the molecule is Cn1nccc1NS(=O)(=O)c1cc(Cl)c(Br)s1. The zero-order chi connectivity index (χ0) is 12.6. The Morgan fingerprint density at radius 1 is 1.59 bits per heavy atom. The van der Waals surface area contributed by atoms with Gasteiger partial charge in [0.05, 0.1) is 15.0 Å². The van der Waals surface area contributed by atoms with E-state index in [0.29, 0.717) is 14.6 Å². The number of anilines is 1. The molecule has 17 heavy (non-hydrogen) atoms. The van der Waals surface area contributed by atoms with Crippen LogP contribution in [0.4, 0.5) is 5.82 Å². The maximum absolute atomic E-state index is 12.0. The Labute approximate surface area is 116 Å². The van der Waals surface area contributed by atoms with Gasteiger partial charge in [0.1, 0.15) is 10.0 Å². The molecule has 2 heterocycles. The number of nitrogens with zero attached hydrogens (tertiary/aromatic N) is 2. The van der Waals surface area contributed by atoms with Crippen LogP contribution >= 0.6 is 38.9 Å². The number of sulfonamides is 1. The van der Waals surface area contributed by atoms with Gasteiger partial charge in [0.2, 0.25) is 0 Å². The molecule has 0 spiro atoms. The summed E-state index contributed by atoms with van der Waals surface area (Å²) in [4.78, 5) is 0. The van der Waals surface area contributed by atoms with Crippen LogP contribution in [0.1, 0.15) is 0 Å². The number of rotatable bonds is 3. The standard InChI is InChI=1S/C8H7BrClN3O2S2/c1-13-6(2-3-11-13)12-17(14,15)7-4-5(10)8(9)16-7/h2-4,12H,1H3. The fraction of sp³-hybridized carbons (Fsp3) is 0.125. The minimum Gasteiger partial charge on any atom is -0.263 e. The Kier molecular flexibility index (Phi) is 3.48. The second-order valence-corrected chi connectivity index (χ2v) is 7.82. The van der Waals surface area contributed by atoms with Gasteiger partial charge >= 0.3 is 0 Å². The molecule has 5 nitrogen and oxygen atoms in total. The van der Waals surface area contributed by atoms with Crippen LogP contribution in [0.3, 0.4) is 0 Å². The van der Waals surface area contributed by atoms with Crippen LogP contribution in [0.15, 0.2) is 26.3 Å². The normalized spacial score (nSPS) is 11.7. The summed E-state index contributed by atoms with van der Waals surface area (Å²) in [6.07, 6.45) is 1.51. The molecule has 0 unspecified atom stereocenters. The number of nitrogens with one attached hydrogen (secondary N) is 1. The maximum atomic E-state index is 12.0. The fourth-order valence-corrected chi connectivity index (χ4v) is 4.61. The first kappa shape index (κ1) is 12.9. The fourth-order valence-electron chi connectivity index (χ4n) is 1.12. The van der Waals surface area contributed by atoms with Gasteiger partial charge in [-0.3, -0.25) is 9.40 Å². The molecule has 92 valence electrons. The smallest absolute Gasteiger partial charge is 0.263 e. The molecule has 1 N–H and O–H groups in total. The topological polar surface area (TPSA) is 64.0 Å². The molecule has 0 aliphatic carbocycles. The van der Waals surface area contributed by atoms with E-state index in [0.717, 1.165) is 11.3 Å². The summed E-state index contributed by atoms with van der Waals surface area (Å²) in [5.41, 5.74) is 0. The zero-order valence-electron chi connectivity index (χ0n) is 8.52. The summed E-state index contributed by atoms with van der Waals surface area (Å²) in [5.74, 6) is 0.394. The summed E-state index contributed by atoms with van der Waals surface area (Å²) in [7, 11) is -1.97. The lowest BCUT2D eigenvalue weighted by atomic mass is 10.7. The molecule has 0 atom stereocenters. The van der Waals surface area contributed by atoms with Crippen LogP contribution in [0.2, 0.25) is 5.02 Å². The maximum Gasteiger partial charge on any atom is 0.272 e. The van der Waals surface area contributed by atoms with Crippen LogP contribution in [-0.2, 0) is 17.1 Å². The van der Waals surface area contributed by atoms with Gasteiger partial charge in [0, 0.05) is 13.1 Å². The van der Waals surface area contributed by atoms with E-state index in [1.807, 2.05) is 0 Å². The van der Waals surface area contributed by atoms with Crippen molar-refractivity contribution in [3.63, 3.8) is 0 Å². The summed E-state index contributed by atoms with van der Waals surface area (Å²) in [6, 6.07) is 2.97. The first-order valence-electron chi connectivity index (χ1n) is 4.36. The van der Waals surface area contributed by atoms with Crippen molar-refractivity contribution in [1.29, 1.82) is 0 Å². The average Bonchev–Trinajstić information content (AvgIpc) is 2.76. The van der Waals surface area contributed by atoms with E-state index in [4.69, 9.17) is 11.6 Å². The highest BCUT2D eigenvalue weighted by Gasteiger charge is 2.20. The molecule has 0 amide bonds. The van der Waals surface area contributed by atoms with Crippen molar-refractivity contribution in [2.75, 3.05) is 4.72 Å². The van der Waals surface area contributed by atoms with Gasteiger partial charge in [0.15, 0.2) is 0 Å². The van der Waals surface area contributed by atoms with E-state index in [9.17, 15) is 8.42 Å². The highest BCUT2D eigenvalue weighted by molar-refractivity contribution is 9.11. The molecule has 0 aromatic carbocycles. The molecule has 0 radical (unpaired) electrons. The minimum absolute atomic E-state index is 0.149. The molecule has 2 aromatic heterocycles. The van der Waals surface area contributed by atoms with Gasteiger partial charge in [-0.05, 0) is 22.0 Å². The van der Waals surface area contributed by atoms with Crippen LogP contribution in [0.5, 0.6) is 0 Å². The predicted molar refractivity (Wildman–Crippen MR) is 71.0 cm³/mol. The van der Waals surface area contributed by atoms with Crippen molar-refractivity contribution in [2.24, 2.45) is 7.05 Å². The molecular weight excluding hydrogens is 350 g/mol. The summed E-state index contributed by atoms with van der Waals surface area (Å²) < 4.78 is 28.6. The quantitative estimate of drug-likeness (QED) is 0.919. The average molecular weight is 357 g/mol. The Bertz CT molecular complexity index is 630. The number of thiophene rings is 1. The van der Waals surface area contributed by atoms with Gasteiger partial charge in [0.25, 0.3) is 10.0 Å². The number of aromatic nitrogens is 2. The van der Waals surface area contributed by atoms with E-state index in [2.05, 4.69) is 25.8 Å². The lowest BCUT2D eigenvalue weighted by molar-refractivity contribution is 0.602. The van der Waals surface area contributed by atoms with Crippen molar-refractivity contribution in [3.05, 3.63) is 27.1 Å². The molecule has 0 saturated heterocycles. The highest BCUT2D eigenvalue weighted by atomic mass is 79.9. The molecule has 0 saturated carbocycles. The van der Waals surface area contributed by atoms with Crippen molar-refractivity contribution >= 4 is 54.7 Å². The lowest BCUT2D eigenvalue weighted by Crippen LogP contribution is -2.14. The first-order valence-corrected chi connectivity index (χ1v) is 7.83. The molecular formula is C8H7BrClN3O2S2. The Hall–Kier alpha value is -0.570. The highest BCUT2D eigenvalue weighted by Crippen LogP contribution is 2.35. The molecule has 2 rings (SSSR count). The van der Waals surface area contributed by atoms with E-state index in [-0.39, 0.29) is 4.21 Å². The van der Waals surface area contributed by atoms with Crippen LogP contribution in [0, 0.1) is 0 Å². The second-order valence-electron chi connectivity index (χ2n) is 3.13. The van der Waals surface area contributed by atoms with Crippen molar-refractivity contribution in [3.8, 4) is 0 Å². The number of hydrogen-bond donors (Lipinski definition) is 1. The largest absolute Gasteiger partial charge is 0.272 e. The second kappa shape index (κ2) is 4.60. The molecule has 0 aliphatic rings. The number of halogens is 2. The van der Waals surface area contributed by atoms with Gasteiger partial charge in [-0.2, -0.15) is 5.10 Å². The van der Waals surface area contributed by atoms with Crippen molar-refractivity contribution < 1.29 is 8.42 Å². The minimum atomic E-state index is -3.61. The third-order valence-electron chi connectivity index (χ3n) is 1.95. The molecule has 2 aromatic rings. The molecule has 9 heteroatoms. The monoisotopic (exact) mass is 355 g/mol. The third-order valence-corrected chi connectivity index (χ3v) is 6.25. The Morgan fingerprint density at radius 3 is 2.76 bits per heavy atom. The summed E-state index contributed by atoms with van der Waals surface area (Å²) in [5, 5.41) is 4.25. The van der Waals surface area contributed by atoms with Gasteiger partial charge in [-0.25, -0.2) is 8.42 Å². The van der Waals surface area contributed by atoms with Gasteiger partial charge in [-0.15, -0.1) is 11.3 Å². The number of hydrogen-bond acceptors (Lipinski definition) is 4. The molecule has 0 bridgehead atoms. The van der Waals surface area contributed by atoms with Crippen LogP contribution in [-0.4, -0.2) is 18.2 Å². The molecule has 0 aliphatic heterocycles. The van der Waals surface area contributed by atoms with Crippen molar-refractivity contribution in [1.82, 2.24) is 9.78 Å². The van der Waals surface area contributed by atoms with Gasteiger partial charge in [-0.1, -0.05) is 11.6 Å². The summed E-state index contributed by atoms with van der Waals surface area (Å²) >= 11 is 10.0. The predicted octanol–water partition coefficient (Wildman–Crippen LogP) is 2.70. The van der Waals surface area contributed by atoms with Gasteiger partial charge < -0.3 is 0 Å². The van der Waals surface area contributed by atoms with E-state index < -0.39 is 10.0 Å². The Morgan fingerprint density at radius 2 is 2.29 bits per heavy atom. The first-order chi connectivity index (χ1) is 7.90.